The minimum atomic E-state index is 0.218. The summed E-state index contributed by atoms with van der Waals surface area (Å²) in [5.74, 6) is 0.218. The van der Waals surface area contributed by atoms with Crippen LogP contribution in [0.1, 0.15) is 12.5 Å². The number of amides is 1. The van der Waals surface area contributed by atoms with E-state index in [2.05, 4.69) is 30.3 Å². The summed E-state index contributed by atoms with van der Waals surface area (Å²) in [6.45, 7) is 6.32. The van der Waals surface area contributed by atoms with Crippen molar-refractivity contribution >= 4 is 11.6 Å². The van der Waals surface area contributed by atoms with Gasteiger partial charge in [0.25, 0.3) is 0 Å². The standard InChI is InChI=1S/C17H27N3O2/c1-14(13-22-3)18-16-6-4-5-15(11-16)12-17(21)20-9-7-19(2)8-10-20/h4-6,11,14,18H,7-10,12-13H2,1-3H3/t14-/m0/s1. The highest BCUT2D eigenvalue weighted by Crippen LogP contribution is 2.14. The highest BCUT2D eigenvalue weighted by atomic mass is 16.5. The number of piperazine rings is 1. The van der Waals surface area contributed by atoms with Crippen LogP contribution in [0.2, 0.25) is 0 Å². The number of hydrogen-bond donors (Lipinski definition) is 1. The molecule has 1 amide bonds. The van der Waals surface area contributed by atoms with Gasteiger partial charge in [-0.3, -0.25) is 4.79 Å². The van der Waals surface area contributed by atoms with Crippen LogP contribution in [0, 0.1) is 0 Å². The third-order valence-electron chi connectivity index (χ3n) is 3.97. The van der Waals surface area contributed by atoms with Gasteiger partial charge in [0.05, 0.1) is 13.0 Å². The Morgan fingerprint density at radius 3 is 2.73 bits per heavy atom. The number of carbonyl (C=O) groups excluding carboxylic acids is 1. The number of benzene rings is 1. The van der Waals surface area contributed by atoms with Crippen LogP contribution in [0.3, 0.4) is 0 Å². The molecule has 0 radical (unpaired) electrons. The number of ether oxygens (including phenoxy) is 1. The molecule has 0 bridgehead atoms. The van der Waals surface area contributed by atoms with Crippen molar-refractivity contribution in [2.24, 2.45) is 0 Å². The van der Waals surface area contributed by atoms with Crippen LogP contribution in [0.15, 0.2) is 24.3 Å². The van der Waals surface area contributed by atoms with Crippen molar-refractivity contribution in [2.75, 3.05) is 52.3 Å². The number of rotatable bonds is 6. The maximum absolute atomic E-state index is 12.4. The van der Waals surface area contributed by atoms with Gasteiger partial charge in [0, 0.05) is 45.0 Å². The third-order valence-corrected chi connectivity index (χ3v) is 3.97. The molecule has 1 aliphatic heterocycles. The van der Waals surface area contributed by atoms with Crippen molar-refractivity contribution in [1.82, 2.24) is 9.80 Å². The zero-order chi connectivity index (χ0) is 15.9. The molecule has 5 heteroatoms. The van der Waals surface area contributed by atoms with Crippen molar-refractivity contribution in [1.29, 1.82) is 0 Å². The molecule has 0 spiro atoms. The predicted octanol–water partition coefficient (Wildman–Crippen LogP) is 1.45. The van der Waals surface area contributed by atoms with E-state index >= 15 is 0 Å². The normalized spacial score (nSPS) is 17.3. The lowest BCUT2D eigenvalue weighted by Gasteiger charge is -2.32. The summed E-state index contributed by atoms with van der Waals surface area (Å²) >= 11 is 0. The third kappa shape index (κ3) is 5.00. The SMILES string of the molecule is COC[C@H](C)Nc1cccc(CC(=O)N2CCN(C)CC2)c1. The van der Waals surface area contributed by atoms with Crippen LogP contribution in [-0.2, 0) is 16.0 Å². The van der Waals surface area contributed by atoms with Crippen molar-refractivity contribution in [3.05, 3.63) is 29.8 Å². The average molecular weight is 305 g/mol. The fraction of sp³-hybridized carbons (Fsp3) is 0.588. The van der Waals surface area contributed by atoms with Gasteiger partial charge in [-0.1, -0.05) is 12.1 Å². The van der Waals surface area contributed by atoms with E-state index in [1.165, 1.54) is 0 Å². The number of methoxy groups -OCH3 is 1. The first-order chi connectivity index (χ1) is 10.6. The summed E-state index contributed by atoms with van der Waals surface area (Å²) in [5, 5.41) is 3.39. The van der Waals surface area contributed by atoms with Gasteiger partial charge in [-0.15, -0.1) is 0 Å². The lowest BCUT2D eigenvalue weighted by atomic mass is 10.1. The van der Waals surface area contributed by atoms with Crippen LogP contribution < -0.4 is 5.32 Å². The summed E-state index contributed by atoms with van der Waals surface area (Å²) < 4.78 is 5.13. The molecule has 0 saturated carbocycles. The molecule has 22 heavy (non-hydrogen) atoms. The van der Waals surface area contributed by atoms with Crippen molar-refractivity contribution in [3.63, 3.8) is 0 Å². The molecule has 1 aliphatic rings. The number of likely N-dealkylation sites (N-methyl/N-ethyl adjacent to an activating group) is 1. The second-order valence-electron chi connectivity index (χ2n) is 6.06. The van der Waals surface area contributed by atoms with Gasteiger partial charge >= 0.3 is 0 Å². The Balaban J connectivity index is 1.90. The molecule has 1 saturated heterocycles. The Morgan fingerprint density at radius 2 is 2.05 bits per heavy atom. The minimum absolute atomic E-state index is 0.218. The Morgan fingerprint density at radius 1 is 1.32 bits per heavy atom. The zero-order valence-electron chi connectivity index (χ0n) is 13.8. The van der Waals surface area contributed by atoms with Gasteiger partial charge in [0.2, 0.25) is 5.91 Å². The lowest BCUT2D eigenvalue weighted by Crippen LogP contribution is -2.47. The molecule has 1 aromatic carbocycles. The molecule has 0 unspecified atom stereocenters. The fourth-order valence-electron chi connectivity index (χ4n) is 2.69. The summed E-state index contributed by atoms with van der Waals surface area (Å²) in [4.78, 5) is 16.6. The molecular formula is C17H27N3O2. The van der Waals surface area contributed by atoms with Crippen molar-refractivity contribution < 1.29 is 9.53 Å². The van der Waals surface area contributed by atoms with Gasteiger partial charge in [0.15, 0.2) is 0 Å². The number of nitrogens with zero attached hydrogens (tertiary/aromatic N) is 2. The maximum atomic E-state index is 12.4. The van der Waals surface area contributed by atoms with E-state index in [9.17, 15) is 4.79 Å². The smallest absolute Gasteiger partial charge is 0.227 e. The quantitative estimate of drug-likeness (QED) is 0.864. The van der Waals surface area contributed by atoms with Gasteiger partial charge in [-0.25, -0.2) is 0 Å². The largest absolute Gasteiger partial charge is 0.383 e. The van der Waals surface area contributed by atoms with Gasteiger partial charge < -0.3 is 19.9 Å². The molecule has 0 aliphatic carbocycles. The van der Waals surface area contributed by atoms with Gasteiger partial charge in [-0.05, 0) is 31.7 Å². The predicted molar refractivity (Wildman–Crippen MR) is 89.2 cm³/mol. The topological polar surface area (TPSA) is 44.8 Å². The lowest BCUT2D eigenvalue weighted by molar-refractivity contribution is -0.132. The minimum Gasteiger partial charge on any atom is -0.383 e. The van der Waals surface area contributed by atoms with E-state index < -0.39 is 0 Å². The van der Waals surface area contributed by atoms with E-state index in [1.807, 2.05) is 23.1 Å². The highest BCUT2D eigenvalue weighted by molar-refractivity contribution is 5.79. The molecule has 1 aromatic rings. The average Bonchev–Trinajstić information content (AvgIpc) is 2.48. The number of anilines is 1. The monoisotopic (exact) mass is 305 g/mol. The Hall–Kier alpha value is -1.59. The van der Waals surface area contributed by atoms with E-state index in [0.29, 0.717) is 13.0 Å². The second kappa shape index (κ2) is 8.15. The number of carbonyl (C=O) groups is 1. The summed E-state index contributed by atoms with van der Waals surface area (Å²) in [5.41, 5.74) is 2.09. The molecule has 1 N–H and O–H groups in total. The van der Waals surface area contributed by atoms with Crippen molar-refractivity contribution in [3.8, 4) is 0 Å². The summed E-state index contributed by atoms with van der Waals surface area (Å²) in [7, 11) is 3.79. The zero-order valence-corrected chi connectivity index (χ0v) is 13.8. The molecule has 1 fully saturated rings. The van der Waals surface area contributed by atoms with E-state index in [1.54, 1.807) is 7.11 Å². The Kier molecular flexibility index (Phi) is 6.21. The Labute approximate surface area is 133 Å². The van der Waals surface area contributed by atoms with Crippen LogP contribution in [0.5, 0.6) is 0 Å². The van der Waals surface area contributed by atoms with Crippen LogP contribution >= 0.6 is 0 Å². The van der Waals surface area contributed by atoms with Gasteiger partial charge in [0.1, 0.15) is 0 Å². The first-order valence-corrected chi connectivity index (χ1v) is 7.89. The second-order valence-corrected chi connectivity index (χ2v) is 6.06. The Bertz CT molecular complexity index is 485. The maximum Gasteiger partial charge on any atom is 0.227 e. The molecule has 1 heterocycles. The number of nitrogens with one attached hydrogen (secondary N) is 1. The summed E-state index contributed by atoms with van der Waals surface area (Å²) in [6.07, 6.45) is 0.470. The van der Waals surface area contributed by atoms with Crippen LogP contribution in [0.4, 0.5) is 5.69 Å². The highest BCUT2D eigenvalue weighted by Gasteiger charge is 2.19. The van der Waals surface area contributed by atoms with Gasteiger partial charge in [-0.2, -0.15) is 0 Å². The number of hydrogen-bond acceptors (Lipinski definition) is 4. The molecule has 122 valence electrons. The summed E-state index contributed by atoms with van der Waals surface area (Å²) in [6, 6.07) is 8.33. The first-order valence-electron chi connectivity index (χ1n) is 7.89. The fourth-order valence-corrected chi connectivity index (χ4v) is 2.69. The van der Waals surface area contributed by atoms with Crippen LogP contribution in [-0.4, -0.2) is 68.7 Å². The molecule has 2 rings (SSSR count). The van der Waals surface area contributed by atoms with E-state index in [4.69, 9.17) is 4.74 Å². The molecule has 5 nitrogen and oxygen atoms in total. The van der Waals surface area contributed by atoms with E-state index in [0.717, 1.165) is 37.4 Å². The molecule has 0 aromatic heterocycles. The molecule has 1 atom stereocenters. The van der Waals surface area contributed by atoms with Crippen molar-refractivity contribution in [2.45, 2.75) is 19.4 Å². The first kappa shape index (κ1) is 16.8. The van der Waals surface area contributed by atoms with E-state index in [-0.39, 0.29) is 11.9 Å². The van der Waals surface area contributed by atoms with Crippen LogP contribution in [0.25, 0.3) is 0 Å². The molecular weight excluding hydrogens is 278 g/mol.